The van der Waals surface area contributed by atoms with Gasteiger partial charge in [-0.1, -0.05) is 20.8 Å². The molecule has 66 valence electrons. The van der Waals surface area contributed by atoms with E-state index >= 15 is 0 Å². The van der Waals surface area contributed by atoms with Crippen LogP contribution in [0.25, 0.3) is 0 Å². The van der Waals surface area contributed by atoms with Crippen LogP contribution in [0, 0.1) is 11.3 Å². The fraction of sp³-hybridized carbons (Fsp3) is 1.00. The molecule has 0 aliphatic carbocycles. The maximum Gasteiger partial charge on any atom is 0.0664 e. The van der Waals surface area contributed by atoms with Gasteiger partial charge in [0.2, 0.25) is 0 Å². The van der Waals surface area contributed by atoms with Gasteiger partial charge >= 0.3 is 0 Å². The summed E-state index contributed by atoms with van der Waals surface area (Å²) in [6.07, 6.45) is 1.51. The van der Waals surface area contributed by atoms with Crippen LogP contribution in [-0.2, 0) is 4.74 Å². The van der Waals surface area contributed by atoms with E-state index in [1.54, 1.807) is 0 Å². The van der Waals surface area contributed by atoms with Gasteiger partial charge in [-0.05, 0) is 18.4 Å². The van der Waals surface area contributed by atoms with Crippen molar-refractivity contribution in [2.24, 2.45) is 17.1 Å². The highest BCUT2D eigenvalue weighted by molar-refractivity contribution is 4.85. The zero-order valence-electron chi connectivity index (χ0n) is 7.76. The van der Waals surface area contributed by atoms with Crippen molar-refractivity contribution in [2.45, 2.75) is 33.3 Å². The van der Waals surface area contributed by atoms with Crippen molar-refractivity contribution in [3.8, 4) is 0 Å². The highest BCUT2D eigenvalue weighted by atomic mass is 16.5. The van der Waals surface area contributed by atoms with Crippen molar-refractivity contribution in [3.63, 3.8) is 0 Å². The Morgan fingerprint density at radius 1 is 1.45 bits per heavy atom. The molecule has 0 amide bonds. The number of ether oxygens (including phenoxy) is 1. The predicted molar refractivity (Wildman–Crippen MR) is 46.4 cm³/mol. The smallest absolute Gasteiger partial charge is 0.0664 e. The molecule has 0 aromatic heterocycles. The molecule has 0 aromatic rings. The van der Waals surface area contributed by atoms with Gasteiger partial charge in [0.1, 0.15) is 0 Å². The Bertz CT molecular complexity index is 128. The third-order valence-corrected chi connectivity index (χ3v) is 2.37. The molecule has 0 saturated carbocycles. The lowest BCUT2D eigenvalue weighted by atomic mass is 9.81. The third kappa shape index (κ3) is 1.94. The van der Waals surface area contributed by atoms with Crippen molar-refractivity contribution in [1.82, 2.24) is 0 Å². The van der Waals surface area contributed by atoms with Crippen LogP contribution in [0.2, 0.25) is 0 Å². The normalized spacial score (nSPS) is 32.7. The van der Waals surface area contributed by atoms with E-state index in [1.165, 1.54) is 0 Å². The number of hydrogen-bond donors (Lipinski definition) is 1. The number of hydrogen-bond acceptors (Lipinski definition) is 2. The second-order valence-electron chi connectivity index (χ2n) is 4.44. The van der Waals surface area contributed by atoms with Gasteiger partial charge in [0, 0.05) is 12.5 Å². The average molecular weight is 157 g/mol. The molecule has 1 fully saturated rings. The van der Waals surface area contributed by atoms with Gasteiger partial charge in [-0.15, -0.1) is 0 Å². The highest BCUT2D eigenvalue weighted by Crippen LogP contribution is 2.33. The van der Waals surface area contributed by atoms with Crippen LogP contribution in [0.4, 0.5) is 0 Å². The van der Waals surface area contributed by atoms with Gasteiger partial charge < -0.3 is 10.5 Å². The first-order valence-electron chi connectivity index (χ1n) is 4.37. The van der Waals surface area contributed by atoms with Crippen molar-refractivity contribution >= 4 is 0 Å². The molecule has 0 radical (unpaired) electrons. The maximum atomic E-state index is 5.64. The summed E-state index contributed by atoms with van der Waals surface area (Å²) in [7, 11) is 0. The van der Waals surface area contributed by atoms with Gasteiger partial charge in [0.15, 0.2) is 0 Å². The minimum absolute atomic E-state index is 0.251. The summed E-state index contributed by atoms with van der Waals surface area (Å²) in [4.78, 5) is 0. The quantitative estimate of drug-likeness (QED) is 0.624. The van der Waals surface area contributed by atoms with Crippen LogP contribution in [0.3, 0.4) is 0 Å². The summed E-state index contributed by atoms with van der Waals surface area (Å²) in [5.74, 6) is 0.579. The highest BCUT2D eigenvalue weighted by Gasteiger charge is 2.36. The molecule has 1 aliphatic rings. The molecule has 1 heterocycles. The first-order chi connectivity index (χ1) is 5.05. The molecular formula is C9H19NO. The lowest BCUT2D eigenvalue weighted by Gasteiger charge is -2.30. The van der Waals surface area contributed by atoms with E-state index in [1.807, 2.05) is 0 Å². The van der Waals surface area contributed by atoms with Crippen molar-refractivity contribution in [1.29, 1.82) is 0 Å². The number of nitrogens with two attached hydrogens (primary N) is 1. The largest absolute Gasteiger partial charge is 0.377 e. The molecule has 2 nitrogen and oxygen atoms in total. The zero-order chi connectivity index (χ0) is 8.48. The lowest BCUT2D eigenvalue weighted by Crippen LogP contribution is -2.35. The van der Waals surface area contributed by atoms with Crippen LogP contribution in [0.15, 0.2) is 0 Å². The lowest BCUT2D eigenvalue weighted by molar-refractivity contribution is 0.00882. The third-order valence-electron chi connectivity index (χ3n) is 2.37. The second-order valence-corrected chi connectivity index (χ2v) is 4.44. The van der Waals surface area contributed by atoms with Crippen LogP contribution < -0.4 is 5.73 Å². The summed E-state index contributed by atoms with van der Waals surface area (Å²) >= 11 is 0. The molecule has 2 heteroatoms. The summed E-state index contributed by atoms with van der Waals surface area (Å²) in [6, 6.07) is 0. The van der Waals surface area contributed by atoms with Crippen molar-refractivity contribution in [3.05, 3.63) is 0 Å². The Balaban J connectivity index is 2.57. The fourth-order valence-electron chi connectivity index (χ4n) is 1.83. The van der Waals surface area contributed by atoms with Crippen LogP contribution in [0.1, 0.15) is 27.2 Å². The molecule has 1 rings (SSSR count). The van der Waals surface area contributed by atoms with E-state index in [0.29, 0.717) is 12.0 Å². The summed E-state index contributed by atoms with van der Waals surface area (Å²) in [5.41, 5.74) is 5.89. The first kappa shape index (κ1) is 9.01. The Hall–Kier alpha value is -0.0800. The molecule has 1 saturated heterocycles. The SMILES string of the molecule is CC(C)(C)[C@H]1OCC[C@@H]1CN. The van der Waals surface area contributed by atoms with Crippen LogP contribution >= 0.6 is 0 Å². The topological polar surface area (TPSA) is 35.2 Å². The summed E-state index contributed by atoms with van der Waals surface area (Å²) in [6.45, 7) is 8.30. The predicted octanol–water partition coefficient (Wildman–Crippen LogP) is 1.40. The summed E-state index contributed by atoms with van der Waals surface area (Å²) in [5, 5.41) is 0. The van der Waals surface area contributed by atoms with E-state index in [2.05, 4.69) is 20.8 Å². The molecule has 11 heavy (non-hydrogen) atoms. The first-order valence-corrected chi connectivity index (χ1v) is 4.37. The molecular weight excluding hydrogens is 138 g/mol. The average Bonchev–Trinajstić information content (AvgIpc) is 2.31. The standard InChI is InChI=1S/C9H19NO/c1-9(2,3)8-7(6-10)4-5-11-8/h7-8H,4-6,10H2,1-3H3/t7-,8+/m1/s1. The van der Waals surface area contributed by atoms with Gasteiger partial charge in [-0.2, -0.15) is 0 Å². The fourth-order valence-corrected chi connectivity index (χ4v) is 1.83. The second kappa shape index (κ2) is 3.11. The maximum absolute atomic E-state index is 5.64. The van der Waals surface area contributed by atoms with E-state index in [0.717, 1.165) is 19.6 Å². The molecule has 0 bridgehead atoms. The molecule has 0 spiro atoms. The monoisotopic (exact) mass is 157 g/mol. The van der Waals surface area contributed by atoms with E-state index < -0.39 is 0 Å². The van der Waals surface area contributed by atoms with Gasteiger partial charge in [-0.3, -0.25) is 0 Å². The van der Waals surface area contributed by atoms with Crippen molar-refractivity contribution in [2.75, 3.05) is 13.2 Å². The molecule has 0 aromatic carbocycles. The zero-order valence-corrected chi connectivity index (χ0v) is 7.76. The number of rotatable bonds is 1. The van der Waals surface area contributed by atoms with Gasteiger partial charge in [0.25, 0.3) is 0 Å². The molecule has 1 aliphatic heterocycles. The van der Waals surface area contributed by atoms with E-state index in [9.17, 15) is 0 Å². The van der Waals surface area contributed by atoms with Crippen LogP contribution in [0.5, 0.6) is 0 Å². The van der Waals surface area contributed by atoms with E-state index in [4.69, 9.17) is 10.5 Å². The minimum atomic E-state index is 0.251. The molecule has 2 N–H and O–H groups in total. The Morgan fingerprint density at radius 2 is 2.09 bits per heavy atom. The van der Waals surface area contributed by atoms with Gasteiger partial charge in [0.05, 0.1) is 6.10 Å². The minimum Gasteiger partial charge on any atom is -0.377 e. The van der Waals surface area contributed by atoms with Crippen LogP contribution in [-0.4, -0.2) is 19.3 Å². The molecule has 0 unspecified atom stereocenters. The van der Waals surface area contributed by atoms with Crippen molar-refractivity contribution < 1.29 is 4.74 Å². The van der Waals surface area contributed by atoms with Gasteiger partial charge in [-0.25, -0.2) is 0 Å². The van der Waals surface area contributed by atoms with E-state index in [-0.39, 0.29) is 5.41 Å². The Morgan fingerprint density at radius 3 is 2.45 bits per heavy atom. The Kier molecular flexibility index (Phi) is 2.55. The Labute approximate surface area is 69.1 Å². The summed E-state index contributed by atoms with van der Waals surface area (Å²) < 4.78 is 5.64. The molecule has 2 atom stereocenters.